The van der Waals surface area contributed by atoms with Crippen molar-refractivity contribution in [3.8, 4) is 0 Å². The fraction of sp³-hybridized carbons (Fsp3) is 0.635. The molecule has 0 aliphatic rings. The highest BCUT2D eigenvalue weighted by molar-refractivity contribution is 5.71. The molecule has 0 aromatic carbocycles. The third kappa shape index (κ3) is 54.6. The molecule has 0 N–H and O–H groups in total. The van der Waals surface area contributed by atoms with Gasteiger partial charge in [0.15, 0.2) is 6.10 Å². The molecule has 0 aromatic heterocycles. The summed E-state index contributed by atoms with van der Waals surface area (Å²) in [6.45, 7) is 6.30. The van der Waals surface area contributed by atoms with Crippen molar-refractivity contribution >= 4 is 17.9 Å². The molecule has 0 fully saturated rings. The van der Waals surface area contributed by atoms with Crippen LogP contribution < -0.4 is 0 Å². The number of carbonyl (C=O) groups excluding carboxylic acids is 3. The molecule has 1 atom stereocenters. The SMILES string of the molecule is CC\C=C/C=C\C=C/C=C\C=C/CCCCCC(=O)OCC(COC(=O)CCCCCCCCCCCCCCCCCCCCC)OC(=O)CCC/C=C\C/C=C\C/C=C\C/C=C\C/C=C\CC. The minimum Gasteiger partial charge on any atom is -0.462 e. The second-order valence-corrected chi connectivity index (χ2v) is 18.2. The van der Waals surface area contributed by atoms with Gasteiger partial charge in [-0.1, -0.05) is 264 Å². The number of esters is 3. The van der Waals surface area contributed by atoms with Crippen LogP contribution in [0.5, 0.6) is 0 Å². The average Bonchev–Trinajstić information content (AvgIpc) is 3.35. The van der Waals surface area contributed by atoms with Gasteiger partial charge in [-0.25, -0.2) is 0 Å². The maximum atomic E-state index is 12.8. The van der Waals surface area contributed by atoms with Crippen LogP contribution in [-0.2, 0) is 28.6 Å². The van der Waals surface area contributed by atoms with Gasteiger partial charge in [0.2, 0.25) is 0 Å². The van der Waals surface area contributed by atoms with E-state index in [1.54, 1.807) is 0 Å². The molecule has 0 heterocycles. The summed E-state index contributed by atoms with van der Waals surface area (Å²) in [7, 11) is 0. The predicted molar refractivity (Wildman–Crippen MR) is 297 cm³/mol. The molecular weight excluding hydrogens is 853 g/mol. The van der Waals surface area contributed by atoms with Gasteiger partial charge in [-0.2, -0.15) is 0 Å². The minimum atomic E-state index is -0.828. The lowest BCUT2D eigenvalue weighted by Crippen LogP contribution is -2.30. The van der Waals surface area contributed by atoms with Crippen molar-refractivity contribution in [1.29, 1.82) is 0 Å². The van der Waals surface area contributed by atoms with Crippen LogP contribution in [0.2, 0.25) is 0 Å². The number of unbranched alkanes of at least 4 members (excludes halogenated alkanes) is 22. The van der Waals surface area contributed by atoms with Gasteiger partial charge in [0.1, 0.15) is 13.2 Å². The van der Waals surface area contributed by atoms with E-state index in [-0.39, 0.29) is 37.5 Å². The van der Waals surface area contributed by atoms with Gasteiger partial charge >= 0.3 is 17.9 Å². The largest absolute Gasteiger partial charge is 0.462 e. The summed E-state index contributed by atoms with van der Waals surface area (Å²) < 4.78 is 16.8. The fourth-order valence-electron chi connectivity index (χ4n) is 7.44. The van der Waals surface area contributed by atoms with Crippen LogP contribution in [0.25, 0.3) is 0 Å². The Morgan fingerprint density at radius 2 is 0.652 bits per heavy atom. The van der Waals surface area contributed by atoms with Crippen molar-refractivity contribution in [3.05, 3.63) is 122 Å². The third-order valence-corrected chi connectivity index (χ3v) is 11.6. The molecule has 0 amide bonds. The smallest absolute Gasteiger partial charge is 0.306 e. The summed E-state index contributed by atoms with van der Waals surface area (Å²) in [5.41, 5.74) is 0. The summed E-state index contributed by atoms with van der Waals surface area (Å²) in [4.78, 5) is 38.1. The van der Waals surface area contributed by atoms with Crippen LogP contribution in [0.15, 0.2) is 122 Å². The van der Waals surface area contributed by atoms with Crippen molar-refractivity contribution in [2.45, 2.75) is 245 Å². The zero-order valence-corrected chi connectivity index (χ0v) is 44.5. The predicted octanol–water partition coefficient (Wildman–Crippen LogP) is 18.9. The summed E-state index contributed by atoms with van der Waals surface area (Å²) >= 11 is 0. The number of carbonyl (C=O) groups is 3. The first-order chi connectivity index (χ1) is 34.0. The lowest BCUT2D eigenvalue weighted by atomic mass is 10.0. The van der Waals surface area contributed by atoms with Gasteiger partial charge in [-0.05, 0) is 77.0 Å². The van der Waals surface area contributed by atoms with Crippen LogP contribution in [0.4, 0.5) is 0 Å². The number of hydrogen-bond donors (Lipinski definition) is 0. The molecule has 0 saturated carbocycles. The number of ether oxygens (including phenoxy) is 3. The first-order valence-electron chi connectivity index (χ1n) is 28.1. The monoisotopic (exact) mass is 955 g/mol. The van der Waals surface area contributed by atoms with E-state index in [0.29, 0.717) is 19.3 Å². The zero-order chi connectivity index (χ0) is 50.0. The molecule has 0 aromatic rings. The van der Waals surface area contributed by atoms with Crippen LogP contribution in [-0.4, -0.2) is 37.2 Å². The molecule has 1 unspecified atom stereocenters. The lowest BCUT2D eigenvalue weighted by molar-refractivity contribution is -0.167. The van der Waals surface area contributed by atoms with E-state index in [9.17, 15) is 14.4 Å². The molecule has 6 nitrogen and oxygen atoms in total. The maximum absolute atomic E-state index is 12.8. The van der Waals surface area contributed by atoms with Crippen LogP contribution >= 0.6 is 0 Å². The van der Waals surface area contributed by atoms with Crippen molar-refractivity contribution in [2.75, 3.05) is 13.2 Å². The van der Waals surface area contributed by atoms with Crippen molar-refractivity contribution < 1.29 is 28.6 Å². The minimum absolute atomic E-state index is 0.116. The molecule has 69 heavy (non-hydrogen) atoms. The van der Waals surface area contributed by atoms with Crippen LogP contribution in [0, 0.1) is 0 Å². The Bertz CT molecular complexity index is 1470. The molecular formula is C63H102O6. The Balaban J connectivity index is 4.52. The van der Waals surface area contributed by atoms with Gasteiger partial charge in [-0.15, -0.1) is 0 Å². The zero-order valence-electron chi connectivity index (χ0n) is 44.5. The summed E-state index contributed by atoms with van der Waals surface area (Å²) in [5.74, 6) is -1.02. The van der Waals surface area contributed by atoms with Gasteiger partial charge in [0.05, 0.1) is 0 Å². The second kappa shape index (κ2) is 56.4. The van der Waals surface area contributed by atoms with Gasteiger partial charge in [0, 0.05) is 19.3 Å². The number of rotatable bonds is 49. The Morgan fingerprint density at radius 3 is 1.09 bits per heavy atom. The molecule has 0 saturated heterocycles. The van der Waals surface area contributed by atoms with Gasteiger partial charge in [-0.3, -0.25) is 14.4 Å². The average molecular weight is 956 g/mol. The second-order valence-electron chi connectivity index (χ2n) is 18.2. The molecule has 0 aliphatic carbocycles. The number of hydrogen-bond acceptors (Lipinski definition) is 6. The Morgan fingerprint density at radius 1 is 0.319 bits per heavy atom. The van der Waals surface area contributed by atoms with Crippen LogP contribution in [0.1, 0.15) is 239 Å². The lowest BCUT2D eigenvalue weighted by Gasteiger charge is -2.18. The highest BCUT2D eigenvalue weighted by atomic mass is 16.6. The van der Waals surface area contributed by atoms with Crippen LogP contribution in [0.3, 0.4) is 0 Å². The summed E-state index contributed by atoms with van der Waals surface area (Å²) in [6, 6.07) is 0. The third-order valence-electron chi connectivity index (χ3n) is 11.6. The van der Waals surface area contributed by atoms with E-state index in [1.807, 2.05) is 48.6 Å². The van der Waals surface area contributed by atoms with E-state index >= 15 is 0 Å². The van der Waals surface area contributed by atoms with E-state index < -0.39 is 6.10 Å². The first kappa shape index (κ1) is 64.8. The topological polar surface area (TPSA) is 78.9 Å². The molecule has 390 valence electrons. The normalized spacial score (nSPS) is 13.0. The summed E-state index contributed by atoms with van der Waals surface area (Å²) in [6.07, 6.45) is 77.7. The van der Waals surface area contributed by atoms with E-state index in [4.69, 9.17) is 14.2 Å². The van der Waals surface area contributed by atoms with Crippen molar-refractivity contribution in [2.24, 2.45) is 0 Å². The molecule has 0 aliphatic heterocycles. The molecule has 6 heteroatoms. The fourth-order valence-corrected chi connectivity index (χ4v) is 7.44. The Labute approximate surface area is 424 Å². The molecule has 0 rings (SSSR count). The van der Waals surface area contributed by atoms with Gasteiger partial charge < -0.3 is 14.2 Å². The summed E-state index contributed by atoms with van der Waals surface area (Å²) in [5, 5.41) is 0. The molecule has 0 bridgehead atoms. The van der Waals surface area contributed by atoms with E-state index in [1.165, 1.54) is 103 Å². The van der Waals surface area contributed by atoms with Crippen molar-refractivity contribution in [1.82, 2.24) is 0 Å². The highest BCUT2D eigenvalue weighted by Crippen LogP contribution is 2.16. The molecule has 0 spiro atoms. The van der Waals surface area contributed by atoms with Crippen molar-refractivity contribution in [3.63, 3.8) is 0 Å². The maximum Gasteiger partial charge on any atom is 0.306 e. The highest BCUT2D eigenvalue weighted by Gasteiger charge is 2.19. The standard InChI is InChI=1S/C63H102O6/c1-4-7-10-13-16-19-22-25-28-30-31-33-35-38-41-44-47-50-53-56-62(65)68-59-60(58-67-61(64)55-52-49-46-43-40-37-34-27-24-21-18-15-12-9-6-3)69-63(66)57-54-51-48-45-42-39-36-32-29-26-23-20-17-14-11-8-5-2/h8-9,11-12,15,17-18,20-21,24,26-27,29,34,36-37,39-40,45,48,60H,4-7,10,13-14,16,19,22-23,25,28,30-33,35,38,41-44,46-47,49-59H2,1-3H3/b11-8-,12-9-,18-15-,20-17-,24-21-,29-26-,34-27-,39-36-,40-37-,48-45-. The Hall–Kier alpha value is -4.19. The molecule has 0 radical (unpaired) electrons. The van der Waals surface area contributed by atoms with Gasteiger partial charge in [0.25, 0.3) is 0 Å². The first-order valence-corrected chi connectivity index (χ1v) is 28.1. The van der Waals surface area contributed by atoms with E-state index in [0.717, 1.165) is 89.9 Å². The number of allylic oxidation sites excluding steroid dienone is 20. The Kier molecular flexibility index (Phi) is 53.0. The van der Waals surface area contributed by atoms with E-state index in [2.05, 4.69) is 93.7 Å². The quantitative estimate of drug-likeness (QED) is 0.0199.